The number of carbonyl (C=O) groups excluding carboxylic acids is 1. The topological polar surface area (TPSA) is 137 Å². The second-order valence-electron chi connectivity index (χ2n) is 6.84. The highest BCUT2D eigenvalue weighted by molar-refractivity contribution is 5.82. The molecule has 0 saturated heterocycles. The normalized spacial score (nSPS) is 10.3. The van der Waals surface area contributed by atoms with Gasteiger partial charge in [-0.15, -0.1) is 0 Å². The molecule has 3 aromatic rings. The molecule has 158 valence electrons. The molecule has 0 atom stereocenters. The van der Waals surface area contributed by atoms with Crippen LogP contribution < -0.4 is 27.2 Å². The van der Waals surface area contributed by atoms with Crippen LogP contribution >= 0.6 is 0 Å². The molecule has 9 heteroatoms. The third-order valence-electron chi connectivity index (χ3n) is 4.63. The maximum Gasteiger partial charge on any atom is 0.330 e. The Kier molecular flexibility index (Phi) is 6.85. The number of nitrogens with two attached hydrogens (primary N) is 1. The van der Waals surface area contributed by atoms with Crippen molar-refractivity contribution in [3.63, 3.8) is 0 Å². The summed E-state index contributed by atoms with van der Waals surface area (Å²) in [5.74, 6) is -0.487. The molecule has 0 spiro atoms. The number of nitriles is 1. The van der Waals surface area contributed by atoms with Crippen molar-refractivity contribution in [3.8, 4) is 6.07 Å². The minimum absolute atomic E-state index is 0.0199. The number of nitrogen functional groups attached to an aromatic ring is 1. The Morgan fingerprint density at radius 2 is 1.68 bits per heavy atom. The first kappa shape index (κ1) is 21.4. The smallest absolute Gasteiger partial charge is 0.330 e. The van der Waals surface area contributed by atoms with E-state index in [1.54, 1.807) is 0 Å². The zero-order valence-corrected chi connectivity index (χ0v) is 16.7. The van der Waals surface area contributed by atoms with Gasteiger partial charge < -0.3 is 16.0 Å². The Morgan fingerprint density at radius 1 is 1.06 bits per heavy atom. The van der Waals surface area contributed by atoms with E-state index in [1.165, 1.54) is 9.47 Å². The summed E-state index contributed by atoms with van der Waals surface area (Å²) in [5, 5.41) is 11.2. The van der Waals surface area contributed by atoms with E-state index in [2.05, 4.69) is 10.3 Å². The number of amides is 1. The number of benzene rings is 2. The van der Waals surface area contributed by atoms with Crippen LogP contribution in [0.15, 0.2) is 70.3 Å². The Hall–Kier alpha value is -4.32. The van der Waals surface area contributed by atoms with Crippen molar-refractivity contribution in [2.45, 2.75) is 13.1 Å². The number of carbonyl (C=O) groups is 1. The molecule has 1 aromatic heterocycles. The molecule has 0 aliphatic carbocycles. The summed E-state index contributed by atoms with van der Waals surface area (Å²) in [6, 6.07) is 20.3. The number of nitrogens with zero attached hydrogens (tertiary/aromatic N) is 3. The highest BCUT2D eigenvalue weighted by Crippen LogP contribution is 2.20. The van der Waals surface area contributed by atoms with E-state index >= 15 is 0 Å². The number of nitrogens with one attached hydrogen (secondary N) is 2. The molecule has 0 saturated carbocycles. The molecule has 0 radical (unpaired) electrons. The molecular weight excluding hydrogens is 396 g/mol. The molecule has 3 rings (SSSR count). The highest BCUT2D eigenvalue weighted by atomic mass is 16.2. The molecule has 9 nitrogen and oxygen atoms in total. The number of H-pyrrole nitrogens is 1. The lowest BCUT2D eigenvalue weighted by molar-refractivity contribution is -0.119. The van der Waals surface area contributed by atoms with Gasteiger partial charge in [-0.25, -0.2) is 4.79 Å². The van der Waals surface area contributed by atoms with Gasteiger partial charge in [0.2, 0.25) is 5.91 Å². The third kappa shape index (κ3) is 5.39. The van der Waals surface area contributed by atoms with Gasteiger partial charge in [0.05, 0.1) is 19.2 Å². The molecule has 1 heterocycles. The molecule has 0 aliphatic rings. The summed E-state index contributed by atoms with van der Waals surface area (Å²) in [6.07, 6.45) is 0. The summed E-state index contributed by atoms with van der Waals surface area (Å²) >= 11 is 0. The molecule has 31 heavy (non-hydrogen) atoms. The number of aromatic amines is 1. The largest absolute Gasteiger partial charge is 0.383 e. The zero-order valence-electron chi connectivity index (χ0n) is 16.7. The molecule has 0 bridgehead atoms. The summed E-state index contributed by atoms with van der Waals surface area (Å²) in [4.78, 5) is 41.3. The van der Waals surface area contributed by atoms with E-state index < -0.39 is 17.2 Å². The highest BCUT2D eigenvalue weighted by Gasteiger charge is 2.21. The lowest BCUT2D eigenvalue weighted by atomic mass is 10.2. The van der Waals surface area contributed by atoms with Crippen molar-refractivity contribution in [1.29, 1.82) is 5.26 Å². The standard InChI is InChI=1S/C22H22N6O3/c23-11-12-25-18(29)15-27(13-16-7-3-1-4-8-16)19-20(24)28(22(31)26-21(19)30)14-17-9-5-2-6-10-17/h1-10H,12-15,24H2,(H,25,29)(H,26,30,31). The Bertz CT molecular complexity index is 1200. The van der Waals surface area contributed by atoms with Gasteiger partial charge >= 0.3 is 5.69 Å². The van der Waals surface area contributed by atoms with E-state index in [0.717, 1.165) is 11.1 Å². The predicted octanol–water partition coefficient (Wildman–Crippen LogP) is 0.813. The van der Waals surface area contributed by atoms with E-state index in [1.807, 2.05) is 66.7 Å². The average molecular weight is 418 g/mol. The van der Waals surface area contributed by atoms with Crippen LogP contribution in [0.1, 0.15) is 11.1 Å². The van der Waals surface area contributed by atoms with Crippen LogP contribution in [0.3, 0.4) is 0 Å². The first-order valence-corrected chi connectivity index (χ1v) is 9.58. The molecule has 0 fully saturated rings. The SMILES string of the molecule is N#CCNC(=O)CN(Cc1ccccc1)c1c(N)n(Cc2ccccc2)c(=O)[nH]c1=O. The first-order chi connectivity index (χ1) is 15.0. The van der Waals surface area contributed by atoms with Gasteiger partial charge in [0, 0.05) is 6.54 Å². The van der Waals surface area contributed by atoms with E-state index in [4.69, 9.17) is 11.0 Å². The van der Waals surface area contributed by atoms with Crippen molar-refractivity contribution in [2.24, 2.45) is 0 Å². The maximum atomic E-state index is 12.7. The molecule has 1 amide bonds. The van der Waals surface area contributed by atoms with Crippen molar-refractivity contribution >= 4 is 17.4 Å². The van der Waals surface area contributed by atoms with Crippen molar-refractivity contribution in [2.75, 3.05) is 23.7 Å². The number of hydrogen-bond donors (Lipinski definition) is 3. The number of rotatable bonds is 8. The van der Waals surface area contributed by atoms with Crippen LogP contribution in [-0.4, -0.2) is 28.5 Å². The second kappa shape index (κ2) is 9.93. The first-order valence-electron chi connectivity index (χ1n) is 9.58. The van der Waals surface area contributed by atoms with Gasteiger partial charge in [0.1, 0.15) is 18.1 Å². The van der Waals surface area contributed by atoms with Crippen molar-refractivity contribution in [1.82, 2.24) is 14.9 Å². The fourth-order valence-corrected chi connectivity index (χ4v) is 3.19. The van der Waals surface area contributed by atoms with Gasteiger partial charge in [0.15, 0.2) is 0 Å². The van der Waals surface area contributed by atoms with Crippen LogP contribution in [0.25, 0.3) is 0 Å². The van der Waals surface area contributed by atoms with E-state index in [-0.39, 0.29) is 37.7 Å². The van der Waals surface area contributed by atoms with Gasteiger partial charge in [-0.2, -0.15) is 5.26 Å². The lowest BCUT2D eigenvalue weighted by Gasteiger charge is -2.25. The minimum atomic E-state index is -0.684. The number of hydrogen-bond acceptors (Lipinski definition) is 6. The van der Waals surface area contributed by atoms with Crippen molar-refractivity contribution < 1.29 is 4.79 Å². The molecule has 0 aliphatic heterocycles. The Labute approximate surface area is 178 Å². The molecule has 2 aromatic carbocycles. The fraction of sp³-hybridized carbons (Fsp3) is 0.182. The predicted molar refractivity (Wildman–Crippen MR) is 117 cm³/mol. The van der Waals surface area contributed by atoms with Crippen LogP contribution in [0.5, 0.6) is 0 Å². The van der Waals surface area contributed by atoms with Crippen LogP contribution in [-0.2, 0) is 17.9 Å². The maximum absolute atomic E-state index is 12.7. The summed E-state index contributed by atoms with van der Waals surface area (Å²) < 4.78 is 1.26. The van der Waals surface area contributed by atoms with Gasteiger partial charge in [-0.05, 0) is 11.1 Å². The quantitative estimate of drug-likeness (QED) is 0.463. The Morgan fingerprint density at radius 3 is 2.29 bits per heavy atom. The van der Waals surface area contributed by atoms with Gasteiger partial charge in [0.25, 0.3) is 5.56 Å². The summed E-state index contributed by atoms with van der Waals surface area (Å²) in [6.45, 7) is -0.00250. The zero-order chi connectivity index (χ0) is 22.2. The number of aromatic nitrogens is 2. The summed E-state index contributed by atoms with van der Waals surface area (Å²) in [5.41, 5.74) is 6.65. The van der Waals surface area contributed by atoms with Crippen LogP contribution in [0.4, 0.5) is 11.5 Å². The molecular formula is C22H22N6O3. The molecule has 0 unspecified atom stereocenters. The van der Waals surface area contributed by atoms with Crippen LogP contribution in [0.2, 0.25) is 0 Å². The van der Waals surface area contributed by atoms with Crippen molar-refractivity contribution in [3.05, 3.63) is 92.6 Å². The molecule has 4 N–H and O–H groups in total. The van der Waals surface area contributed by atoms with E-state index in [0.29, 0.717) is 0 Å². The third-order valence-corrected chi connectivity index (χ3v) is 4.63. The average Bonchev–Trinajstić information content (AvgIpc) is 2.76. The van der Waals surface area contributed by atoms with Gasteiger partial charge in [-0.1, -0.05) is 60.7 Å². The second-order valence-corrected chi connectivity index (χ2v) is 6.84. The van der Waals surface area contributed by atoms with Crippen LogP contribution in [0, 0.1) is 11.3 Å². The lowest BCUT2D eigenvalue weighted by Crippen LogP contribution is -2.42. The monoisotopic (exact) mass is 418 g/mol. The van der Waals surface area contributed by atoms with E-state index in [9.17, 15) is 14.4 Å². The minimum Gasteiger partial charge on any atom is -0.383 e. The Balaban J connectivity index is 2.03. The summed E-state index contributed by atoms with van der Waals surface area (Å²) in [7, 11) is 0. The number of anilines is 2. The van der Waals surface area contributed by atoms with Gasteiger partial charge in [-0.3, -0.25) is 19.1 Å². The fourth-order valence-electron chi connectivity index (χ4n) is 3.19.